The number of rotatable bonds is 11. The standard InChI is InChI=1S/C26H24F3N5O5S/c1-38-22-13-21-18(26(32-14-31-21)34-16-10-19(27)25(29)20(28)11-16)12-23(22)39-9-3-2-4-24(35)33-15-5-7-17(8-6-15)40(30,36)37/h5-8,10-14H,2-4,9H2,1H3,(H,33,35)(H2,30,36,37)(H,31,32,34). The Bertz CT molecular complexity index is 1630. The second-order valence-electron chi connectivity index (χ2n) is 8.54. The lowest BCUT2D eigenvalue weighted by Gasteiger charge is -2.14. The maximum absolute atomic E-state index is 13.7. The summed E-state index contributed by atoms with van der Waals surface area (Å²) in [6, 6.07) is 10.3. The van der Waals surface area contributed by atoms with Crippen molar-refractivity contribution in [2.75, 3.05) is 24.4 Å². The molecule has 0 radical (unpaired) electrons. The van der Waals surface area contributed by atoms with Gasteiger partial charge in [-0.2, -0.15) is 0 Å². The predicted molar refractivity (Wildman–Crippen MR) is 141 cm³/mol. The number of amides is 1. The molecule has 0 unspecified atom stereocenters. The Morgan fingerprint density at radius 1 is 0.950 bits per heavy atom. The quantitative estimate of drug-likeness (QED) is 0.173. The van der Waals surface area contributed by atoms with Gasteiger partial charge in [0.2, 0.25) is 15.9 Å². The van der Waals surface area contributed by atoms with E-state index >= 15 is 0 Å². The third-order valence-electron chi connectivity index (χ3n) is 5.69. The van der Waals surface area contributed by atoms with Crippen LogP contribution in [0, 0.1) is 17.5 Å². The molecule has 1 heterocycles. The highest BCUT2D eigenvalue weighted by atomic mass is 32.2. The number of fused-ring (bicyclic) bond motifs is 1. The van der Waals surface area contributed by atoms with Gasteiger partial charge >= 0.3 is 0 Å². The molecule has 210 valence electrons. The molecule has 1 amide bonds. The minimum absolute atomic E-state index is 0.0479. The number of unbranched alkanes of at least 4 members (excludes halogenated alkanes) is 1. The molecular weight excluding hydrogens is 551 g/mol. The van der Waals surface area contributed by atoms with E-state index in [-0.39, 0.29) is 35.3 Å². The van der Waals surface area contributed by atoms with E-state index in [1.54, 1.807) is 12.1 Å². The number of hydrogen-bond acceptors (Lipinski definition) is 8. The van der Waals surface area contributed by atoms with Gasteiger partial charge in [-0.3, -0.25) is 4.79 Å². The minimum Gasteiger partial charge on any atom is -0.493 e. The highest BCUT2D eigenvalue weighted by Crippen LogP contribution is 2.35. The second kappa shape index (κ2) is 12.2. The number of anilines is 3. The summed E-state index contributed by atoms with van der Waals surface area (Å²) >= 11 is 0. The molecule has 14 heteroatoms. The van der Waals surface area contributed by atoms with Crippen LogP contribution >= 0.6 is 0 Å². The van der Waals surface area contributed by atoms with Gasteiger partial charge in [0.05, 0.1) is 24.1 Å². The monoisotopic (exact) mass is 575 g/mol. The zero-order valence-corrected chi connectivity index (χ0v) is 21.9. The molecule has 0 fully saturated rings. The van der Waals surface area contributed by atoms with E-state index in [1.807, 2.05) is 0 Å². The van der Waals surface area contributed by atoms with Crippen LogP contribution in [-0.4, -0.2) is 38.0 Å². The zero-order chi connectivity index (χ0) is 28.9. The average Bonchev–Trinajstić information content (AvgIpc) is 2.91. The number of nitrogens with one attached hydrogen (secondary N) is 2. The van der Waals surface area contributed by atoms with Crippen molar-refractivity contribution in [3.8, 4) is 11.5 Å². The lowest BCUT2D eigenvalue weighted by atomic mass is 10.2. The summed E-state index contributed by atoms with van der Waals surface area (Å²) in [5, 5.41) is 11.0. The normalized spacial score (nSPS) is 11.3. The number of carbonyl (C=O) groups excluding carboxylic acids is 1. The van der Waals surface area contributed by atoms with Crippen molar-refractivity contribution in [3.63, 3.8) is 0 Å². The summed E-state index contributed by atoms with van der Waals surface area (Å²) in [4.78, 5) is 20.5. The summed E-state index contributed by atoms with van der Waals surface area (Å²) in [5.41, 5.74) is 0.846. The molecule has 1 aromatic heterocycles. The molecule has 0 atom stereocenters. The third kappa shape index (κ3) is 6.95. The maximum atomic E-state index is 13.7. The fourth-order valence-electron chi connectivity index (χ4n) is 3.72. The van der Waals surface area contributed by atoms with E-state index in [0.717, 1.165) is 12.1 Å². The largest absolute Gasteiger partial charge is 0.493 e. The van der Waals surface area contributed by atoms with Crippen LogP contribution in [0.2, 0.25) is 0 Å². The van der Waals surface area contributed by atoms with Crippen LogP contribution in [0.3, 0.4) is 0 Å². The number of primary sulfonamides is 1. The summed E-state index contributed by atoms with van der Waals surface area (Å²) in [6.45, 7) is 0.239. The second-order valence-corrected chi connectivity index (χ2v) is 10.1. The van der Waals surface area contributed by atoms with E-state index in [4.69, 9.17) is 14.6 Å². The average molecular weight is 576 g/mol. The first kappa shape index (κ1) is 28.6. The molecule has 0 saturated carbocycles. The summed E-state index contributed by atoms with van der Waals surface area (Å²) in [5.74, 6) is -3.58. The molecule has 4 aromatic rings. The predicted octanol–water partition coefficient (Wildman–Crippen LogP) is 4.63. The van der Waals surface area contributed by atoms with E-state index in [1.165, 1.54) is 37.7 Å². The number of hydrogen-bond donors (Lipinski definition) is 3. The summed E-state index contributed by atoms with van der Waals surface area (Å²) in [7, 11) is -2.36. The Kier molecular flexibility index (Phi) is 8.70. The third-order valence-corrected chi connectivity index (χ3v) is 6.62. The molecule has 0 aliphatic carbocycles. The Labute approximate surface area is 227 Å². The fraction of sp³-hybridized carbons (Fsp3) is 0.192. The number of aromatic nitrogens is 2. The van der Waals surface area contributed by atoms with Crippen LogP contribution in [0.4, 0.5) is 30.4 Å². The van der Waals surface area contributed by atoms with Crippen molar-refractivity contribution in [1.82, 2.24) is 9.97 Å². The first-order valence-corrected chi connectivity index (χ1v) is 13.4. The van der Waals surface area contributed by atoms with E-state index in [2.05, 4.69) is 20.6 Å². The molecule has 0 bridgehead atoms. The van der Waals surface area contributed by atoms with Gasteiger partial charge in [0.15, 0.2) is 29.0 Å². The topological polar surface area (TPSA) is 146 Å². The van der Waals surface area contributed by atoms with Gasteiger partial charge < -0.3 is 20.1 Å². The van der Waals surface area contributed by atoms with Gasteiger partial charge in [-0.1, -0.05) is 0 Å². The summed E-state index contributed by atoms with van der Waals surface area (Å²) in [6.07, 6.45) is 2.46. The Balaban J connectivity index is 1.37. The van der Waals surface area contributed by atoms with Gasteiger partial charge in [0, 0.05) is 41.4 Å². The SMILES string of the molecule is COc1cc2ncnc(Nc3cc(F)c(F)c(F)c3)c2cc1OCCCCC(=O)Nc1ccc(S(N)(=O)=O)cc1. The van der Waals surface area contributed by atoms with Crippen LogP contribution in [0.25, 0.3) is 10.9 Å². The van der Waals surface area contributed by atoms with Crippen molar-refractivity contribution >= 4 is 44.0 Å². The van der Waals surface area contributed by atoms with Crippen molar-refractivity contribution in [2.45, 2.75) is 24.2 Å². The van der Waals surface area contributed by atoms with Crippen molar-refractivity contribution in [3.05, 3.63) is 72.3 Å². The molecule has 4 rings (SSSR count). The van der Waals surface area contributed by atoms with Crippen molar-refractivity contribution < 1.29 is 35.9 Å². The van der Waals surface area contributed by atoms with Crippen molar-refractivity contribution in [2.24, 2.45) is 5.14 Å². The van der Waals surface area contributed by atoms with E-state index < -0.39 is 27.5 Å². The molecule has 0 spiro atoms. The number of nitrogens with two attached hydrogens (primary N) is 1. The number of sulfonamides is 1. The lowest BCUT2D eigenvalue weighted by molar-refractivity contribution is -0.116. The molecule has 40 heavy (non-hydrogen) atoms. The van der Waals surface area contributed by atoms with E-state index in [0.29, 0.717) is 40.9 Å². The summed E-state index contributed by atoms with van der Waals surface area (Å²) < 4.78 is 74.5. The number of carbonyl (C=O) groups is 1. The number of halogens is 3. The van der Waals surface area contributed by atoms with Gasteiger partial charge in [-0.15, -0.1) is 0 Å². The first-order chi connectivity index (χ1) is 19.0. The van der Waals surface area contributed by atoms with Gasteiger partial charge in [0.1, 0.15) is 12.1 Å². The molecule has 0 aliphatic rings. The Hall–Kier alpha value is -4.43. The Morgan fingerprint density at radius 3 is 2.30 bits per heavy atom. The molecule has 0 saturated heterocycles. The molecule has 3 aromatic carbocycles. The van der Waals surface area contributed by atoms with Crippen LogP contribution in [0.1, 0.15) is 19.3 Å². The van der Waals surface area contributed by atoms with Crippen LogP contribution < -0.4 is 25.2 Å². The highest BCUT2D eigenvalue weighted by Gasteiger charge is 2.15. The highest BCUT2D eigenvalue weighted by molar-refractivity contribution is 7.89. The number of methoxy groups -OCH3 is 1. The molecule has 10 nitrogen and oxygen atoms in total. The zero-order valence-electron chi connectivity index (χ0n) is 21.1. The number of benzene rings is 3. The smallest absolute Gasteiger partial charge is 0.238 e. The molecule has 4 N–H and O–H groups in total. The fourth-order valence-corrected chi connectivity index (χ4v) is 4.24. The van der Waals surface area contributed by atoms with Gasteiger partial charge in [0.25, 0.3) is 0 Å². The van der Waals surface area contributed by atoms with Crippen molar-refractivity contribution in [1.29, 1.82) is 0 Å². The van der Waals surface area contributed by atoms with Crippen LogP contribution in [0.15, 0.2) is 59.8 Å². The Morgan fingerprint density at radius 2 is 1.65 bits per heavy atom. The molecule has 0 aliphatic heterocycles. The number of nitrogens with zero attached hydrogens (tertiary/aromatic N) is 2. The lowest BCUT2D eigenvalue weighted by Crippen LogP contribution is -2.13. The maximum Gasteiger partial charge on any atom is 0.238 e. The van der Waals surface area contributed by atoms with Gasteiger partial charge in [-0.25, -0.2) is 36.7 Å². The van der Waals surface area contributed by atoms with E-state index in [9.17, 15) is 26.4 Å². The van der Waals surface area contributed by atoms with Crippen LogP contribution in [0.5, 0.6) is 11.5 Å². The number of ether oxygens (including phenoxy) is 2. The first-order valence-electron chi connectivity index (χ1n) is 11.8. The molecular formula is C26H24F3N5O5S. The van der Waals surface area contributed by atoms with Gasteiger partial charge in [-0.05, 0) is 43.2 Å². The minimum atomic E-state index is -3.82. The van der Waals surface area contributed by atoms with Crippen LogP contribution in [-0.2, 0) is 14.8 Å².